The first kappa shape index (κ1) is 61.6. The van der Waals surface area contributed by atoms with Gasteiger partial charge in [0, 0.05) is 19.3 Å². The molecule has 0 rings (SSSR count). The Labute approximate surface area is 397 Å². The molecule has 374 valence electrons. The lowest BCUT2D eigenvalue weighted by Gasteiger charge is -2.18. The summed E-state index contributed by atoms with van der Waals surface area (Å²) in [6.07, 6.45) is 62.7. The number of ether oxygens (including phenoxy) is 3. The van der Waals surface area contributed by atoms with Crippen molar-refractivity contribution in [3.8, 4) is 0 Å². The molecule has 0 radical (unpaired) electrons. The van der Waals surface area contributed by atoms with Crippen LogP contribution >= 0.6 is 0 Å². The maximum Gasteiger partial charge on any atom is 0.306 e. The van der Waals surface area contributed by atoms with Crippen molar-refractivity contribution in [1.82, 2.24) is 0 Å². The molecule has 0 aromatic carbocycles. The highest BCUT2D eigenvalue weighted by Gasteiger charge is 2.19. The predicted molar refractivity (Wildman–Crippen MR) is 275 cm³/mol. The van der Waals surface area contributed by atoms with Crippen LogP contribution in [0.25, 0.3) is 0 Å². The van der Waals surface area contributed by atoms with Crippen LogP contribution < -0.4 is 0 Å². The van der Waals surface area contributed by atoms with E-state index in [9.17, 15) is 14.4 Å². The van der Waals surface area contributed by atoms with Crippen LogP contribution in [-0.4, -0.2) is 37.2 Å². The number of hydrogen-bond donors (Lipinski definition) is 0. The molecule has 0 spiro atoms. The van der Waals surface area contributed by atoms with Gasteiger partial charge in [0.1, 0.15) is 13.2 Å². The van der Waals surface area contributed by atoms with E-state index < -0.39 is 6.10 Å². The zero-order valence-corrected chi connectivity index (χ0v) is 42.8. The third kappa shape index (κ3) is 50.6. The highest BCUT2D eigenvalue weighted by atomic mass is 16.6. The minimum absolute atomic E-state index is 0.0772. The Hall–Kier alpha value is -2.37. The summed E-state index contributed by atoms with van der Waals surface area (Å²) in [5.41, 5.74) is 0. The predicted octanol–water partition coefficient (Wildman–Crippen LogP) is 18.5. The summed E-state index contributed by atoms with van der Waals surface area (Å²) in [4.78, 5) is 38.0. The summed E-state index contributed by atoms with van der Waals surface area (Å²) < 4.78 is 16.8. The Kier molecular flexibility index (Phi) is 51.3. The Balaban J connectivity index is 4.32. The summed E-state index contributed by atoms with van der Waals surface area (Å²) in [5.74, 6) is -0.886. The molecule has 0 saturated carbocycles. The van der Waals surface area contributed by atoms with Crippen LogP contribution in [-0.2, 0) is 28.6 Å². The third-order valence-corrected chi connectivity index (χ3v) is 12.4. The minimum atomic E-state index is -0.779. The van der Waals surface area contributed by atoms with Crippen molar-refractivity contribution in [1.29, 1.82) is 0 Å². The number of carbonyl (C=O) groups is 3. The van der Waals surface area contributed by atoms with Gasteiger partial charge >= 0.3 is 17.9 Å². The van der Waals surface area contributed by atoms with E-state index >= 15 is 0 Å². The van der Waals surface area contributed by atoms with Crippen LogP contribution in [0.3, 0.4) is 0 Å². The lowest BCUT2D eigenvalue weighted by Crippen LogP contribution is -2.30. The van der Waals surface area contributed by atoms with Crippen LogP contribution in [0, 0.1) is 0 Å². The molecular formula is C58H106O6. The molecule has 64 heavy (non-hydrogen) atoms. The van der Waals surface area contributed by atoms with Crippen molar-refractivity contribution < 1.29 is 28.6 Å². The molecule has 6 heteroatoms. The highest BCUT2D eigenvalue weighted by Crippen LogP contribution is 2.16. The maximum atomic E-state index is 12.8. The summed E-state index contributed by atoms with van der Waals surface area (Å²) in [6.45, 7) is 6.60. The average molecular weight is 899 g/mol. The van der Waals surface area contributed by atoms with Crippen LogP contribution in [0.2, 0.25) is 0 Å². The zero-order valence-electron chi connectivity index (χ0n) is 42.8. The first-order chi connectivity index (χ1) is 31.5. The fourth-order valence-corrected chi connectivity index (χ4v) is 8.12. The van der Waals surface area contributed by atoms with Gasteiger partial charge in [-0.05, 0) is 77.0 Å². The number of carbonyl (C=O) groups excluding carboxylic acids is 3. The molecule has 0 bridgehead atoms. The summed E-state index contributed by atoms with van der Waals surface area (Å²) in [7, 11) is 0. The van der Waals surface area contributed by atoms with Gasteiger partial charge in [-0.25, -0.2) is 0 Å². The number of unbranched alkanes of at least 4 members (excludes halogenated alkanes) is 34. The molecule has 0 fully saturated rings. The van der Waals surface area contributed by atoms with Crippen molar-refractivity contribution in [3.63, 3.8) is 0 Å². The number of allylic oxidation sites excluding steroid dienone is 6. The standard InChI is InChI=1S/C58H106O6/c1-4-7-10-13-16-19-22-25-27-28-29-30-32-33-36-39-42-45-48-51-57(60)63-54-55(53-62-56(59)50-47-44-41-38-35-24-21-18-15-12-9-6-3)64-58(61)52-49-46-43-40-37-34-31-26-23-20-17-14-11-8-5-2/h17-18,20-21,26,31,55H,4-16,19,22-25,27-30,32-54H2,1-3H3/b20-17-,21-18-,31-26-. The van der Waals surface area contributed by atoms with Gasteiger partial charge in [-0.3, -0.25) is 14.4 Å². The molecular weight excluding hydrogens is 793 g/mol. The van der Waals surface area contributed by atoms with Crippen LogP contribution in [0.5, 0.6) is 0 Å². The molecule has 0 aromatic heterocycles. The average Bonchev–Trinajstić information content (AvgIpc) is 3.29. The van der Waals surface area contributed by atoms with E-state index in [1.165, 1.54) is 167 Å². The first-order valence-electron chi connectivity index (χ1n) is 28.0. The van der Waals surface area contributed by atoms with E-state index in [0.29, 0.717) is 19.3 Å². The Morgan fingerprint density at radius 3 is 0.906 bits per heavy atom. The smallest absolute Gasteiger partial charge is 0.306 e. The largest absolute Gasteiger partial charge is 0.462 e. The Bertz CT molecular complexity index is 1080. The molecule has 0 aliphatic carbocycles. The number of hydrogen-bond acceptors (Lipinski definition) is 6. The zero-order chi connectivity index (χ0) is 46.5. The summed E-state index contributed by atoms with van der Waals surface area (Å²) in [5, 5.41) is 0. The van der Waals surface area contributed by atoms with Gasteiger partial charge in [0.15, 0.2) is 6.10 Å². The molecule has 0 aliphatic heterocycles. The second-order valence-corrected chi connectivity index (χ2v) is 18.8. The molecule has 0 aliphatic rings. The van der Waals surface area contributed by atoms with Crippen LogP contribution in [0.1, 0.15) is 297 Å². The van der Waals surface area contributed by atoms with Crippen LogP contribution in [0.4, 0.5) is 0 Å². The summed E-state index contributed by atoms with van der Waals surface area (Å²) >= 11 is 0. The van der Waals surface area contributed by atoms with Gasteiger partial charge in [-0.15, -0.1) is 0 Å². The molecule has 0 saturated heterocycles. The Morgan fingerprint density at radius 1 is 0.312 bits per heavy atom. The van der Waals surface area contributed by atoms with Gasteiger partial charge in [-0.1, -0.05) is 237 Å². The first-order valence-corrected chi connectivity index (χ1v) is 28.0. The molecule has 0 aromatic rings. The molecule has 0 N–H and O–H groups in total. The van der Waals surface area contributed by atoms with Crippen molar-refractivity contribution >= 4 is 17.9 Å². The van der Waals surface area contributed by atoms with Crippen molar-refractivity contribution in [3.05, 3.63) is 36.5 Å². The highest BCUT2D eigenvalue weighted by molar-refractivity contribution is 5.71. The number of esters is 3. The quantitative estimate of drug-likeness (QED) is 0.0262. The fraction of sp³-hybridized carbons (Fsp3) is 0.845. The van der Waals surface area contributed by atoms with E-state index in [1.54, 1.807) is 0 Å². The molecule has 6 nitrogen and oxygen atoms in total. The lowest BCUT2D eigenvalue weighted by atomic mass is 10.0. The molecule has 0 heterocycles. The van der Waals surface area contributed by atoms with Crippen molar-refractivity contribution in [2.75, 3.05) is 13.2 Å². The van der Waals surface area contributed by atoms with Gasteiger partial charge in [0.05, 0.1) is 0 Å². The maximum absolute atomic E-state index is 12.8. The molecule has 0 amide bonds. The fourth-order valence-electron chi connectivity index (χ4n) is 8.12. The minimum Gasteiger partial charge on any atom is -0.462 e. The van der Waals surface area contributed by atoms with E-state index in [1.807, 2.05) is 0 Å². The van der Waals surface area contributed by atoms with Crippen molar-refractivity contribution in [2.45, 2.75) is 303 Å². The van der Waals surface area contributed by atoms with E-state index in [-0.39, 0.29) is 31.1 Å². The van der Waals surface area contributed by atoms with Gasteiger partial charge in [-0.2, -0.15) is 0 Å². The van der Waals surface area contributed by atoms with Crippen molar-refractivity contribution in [2.24, 2.45) is 0 Å². The monoisotopic (exact) mass is 899 g/mol. The second-order valence-electron chi connectivity index (χ2n) is 18.8. The van der Waals surface area contributed by atoms with E-state index in [4.69, 9.17) is 14.2 Å². The number of rotatable bonds is 51. The molecule has 1 unspecified atom stereocenters. The van der Waals surface area contributed by atoms with Gasteiger partial charge < -0.3 is 14.2 Å². The van der Waals surface area contributed by atoms with E-state index in [0.717, 1.165) is 89.9 Å². The Morgan fingerprint density at radius 2 is 0.562 bits per heavy atom. The van der Waals surface area contributed by atoms with Crippen LogP contribution in [0.15, 0.2) is 36.5 Å². The van der Waals surface area contributed by atoms with Gasteiger partial charge in [0.25, 0.3) is 0 Å². The second kappa shape index (κ2) is 53.2. The third-order valence-electron chi connectivity index (χ3n) is 12.4. The summed E-state index contributed by atoms with van der Waals surface area (Å²) in [6, 6.07) is 0. The van der Waals surface area contributed by atoms with Gasteiger partial charge in [0.2, 0.25) is 0 Å². The molecule has 1 atom stereocenters. The SMILES string of the molecule is CCCCC/C=C\C/C=C\CCCCCCCC(=O)OC(COC(=O)CCCCCCC/C=C\CCCCC)COC(=O)CCCCCCCCCCCCCCCCCCCCC. The van der Waals surface area contributed by atoms with E-state index in [2.05, 4.69) is 57.2 Å². The lowest BCUT2D eigenvalue weighted by molar-refractivity contribution is -0.167. The normalized spacial score (nSPS) is 12.2. The topological polar surface area (TPSA) is 78.9 Å².